The van der Waals surface area contributed by atoms with Gasteiger partial charge in [0.25, 0.3) is 5.56 Å². The van der Waals surface area contributed by atoms with Gasteiger partial charge in [-0.1, -0.05) is 42.7 Å². The minimum absolute atomic E-state index is 0.0842. The number of nitrogens with zero attached hydrogens (tertiary/aromatic N) is 5. The summed E-state index contributed by atoms with van der Waals surface area (Å²) in [5.74, 6) is 0. The molecule has 38 heavy (non-hydrogen) atoms. The number of benzene rings is 1. The molecule has 0 spiro atoms. The van der Waals surface area contributed by atoms with Gasteiger partial charge in [0.15, 0.2) is 5.13 Å². The van der Waals surface area contributed by atoms with Crippen LogP contribution in [0.4, 0.5) is 18.3 Å². The third-order valence-electron chi connectivity index (χ3n) is 7.57. The largest absolute Gasteiger partial charge is 0.416 e. The van der Waals surface area contributed by atoms with E-state index in [9.17, 15) is 23.1 Å². The van der Waals surface area contributed by atoms with Crippen LogP contribution in [-0.4, -0.2) is 63.6 Å². The molecule has 204 valence electrons. The van der Waals surface area contributed by atoms with E-state index in [4.69, 9.17) is 4.98 Å². The molecule has 1 atom stereocenters. The zero-order valence-electron chi connectivity index (χ0n) is 21.5. The smallest absolute Gasteiger partial charge is 0.388 e. The number of thiazole rings is 1. The van der Waals surface area contributed by atoms with E-state index < -0.39 is 17.3 Å². The highest BCUT2D eigenvalue weighted by Crippen LogP contribution is 2.42. The fourth-order valence-corrected chi connectivity index (χ4v) is 6.41. The third kappa shape index (κ3) is 5.64. The summed E-state index contributed by atoms with van der Waals surface area (Å²) in [5, 5.41) is 16.3. The van der Waals surface area contributed by atoms with Crippen LogP contribution in [-0.2, 0) is 12.7 Å². The summed E-state index contributed by atoms with van der Waals surface area (Å²) in [5.41, 5.74) is -0.880. The van der Waals surface area contributed by atoms with Gasteiger partial charge in [0.05, 0.1) is 28.3 Å². The highest BCUT2D eigenvalue weighted by atomic mass is 32.1. The number of likely N-dealkylation sites (N-methyl/N-ethyl adjacent to an activating group) is 1. The summed E-state index contributed by atoms with van der Waals surface area (Å²) >= 11 is 1.37. The van der Waals surface area contributed by atoms with E-state index in [2.05, 4.69) is 14.9 Å². The second-order valence-corrected chi connectivity index (χ2v) is 11.6. The van der Waals surface area contributed by atoms with Crippen molar-refractivity contribution in [1.29, 1.82) is 0 Å². The molecule has 0 bridgehead atoms. The minimum atomic E-state index is -4.48. The van der Waals surface area contributed by atoms with Crippen molar-refractivity contribution in [3.63, 3.8) is 0 Å². The van der Waals surface area contributed by atoms with Crippen LogP contribution in [0.3, 0.4) is 0 Å². The molecule has 11 heteroatoms. The van der Waals surface area contributed by atoms with Gasteiger partial charge in [-0.25, -0.2) is 9.67 Å². The summed E-state index contributed by atoms with van der Waals surface area (Å²) in [7, 11) is 4.06. The molecule has 2 aromatic heterocycles. The minimum Gasteiger partial charge on any atom is -0.388 e. The standard InChI is InChI=1S/C27H32F3N5O2S/c1-33(2)20-11-14-34(16-20)25-31-23(18-7-6-8-19(15-18)27(28,29)30)24(38-25)21-9-10-22(36)35(32-21)17-26(37)12-4-3-5-13-26/h6-10,15,20,37H,3-5,11-14,16-17H2,1-2H3. The van der Waals surface area contributed by atoms with Crippen molar-refractivity contribution in [1.82, 2.24) is 19.7 Å². The van der Waals surface area contributed by atoms with Gasteiger partial charge in [-0.3, -0.25) is 4.79 Å². The fourth-order valence-electron chi connectivity index (χ4n) is 5.32. The number of aromatic nitrogens is 3. The molecule has 1 saturated heterocycles. The quantitative estimate of drug-likeness (QED) is 0.474. The molecule has 0 radical (unpaired) electrons. The van der Waals surface area contributed by atoms with Crippen molar-refractivity contribution in [3.8, 4) is 21.8 Å². The fraction of sp³-hybridized carbons (Fsp3) is 0.519. The van der Waals surface area contributed by atoms with Gasteiger partial charge >= 0.3 is 6.18 Å². The van der Waals surface area contributed by atoms with Gasteiger partial charge < -0.3 is 14.9 Å². The molecule has 5 rings (SSSR count). The van der Waals surface area contributed by atoms with Crippen LogP contribution in [0.5, 0.6) is 0 Å². The van der Waals surface area contributed by atoms with Crippen molar-refractivity contribution in [3.05, 3.63) is 52.3 Å². The maximum Gasteiger partial charge on any atom is 0.416 e. The Morgan fingerprint density at radius 3 is 2.61 bits per heavy atom. The monoisotopic (exact) mass is 547 g/mol. The van der Waals surface area contributed by atoms with Crippen molar-refractivity contribution >= 4 is 16.5 Å². The molecule has 2 fully saturated rings. The van der Waals surface area contributed by atoms with Crippen LogP contribution in [0.25, 0.3) is 21.8 Å². The lowest BCUT2D eigenvalue weighted by Crippen LogP contribution is -2.40. The summed E-state index contributed by atoms with van der Waals surface area (Å²) in [4.78, 5) is 22.4. The zero-order valence-corrected chi connectivity index (χ0v) is 22.4. The molecule has 1 N–H and O–H groups in total. The molecular weight excluding hydrogens is 515 g/mol. The van der Waals surface area contributed by atoms with Crippen molar-refractivity contribution in [2.24, 2.45) is 0 Å². The van der Waals surface area contributed by atoms with Crippen LogP contribution in [0.15, 0.2) is 41.2 Å². The average molecular weight is 548 g/mol. The topological polar surface area (TPSA) is 74.5 Å². The molecule has 1 unspecified atom stereocenters. The first-order chi connectivity index (χ1) is 18.0. The van der Waals surface area contributed by atoms with E-state index >= 15 is 0 Å². The van der Waals surface area contributed by atoms with Gasteiger partial charge in [-0.2, -0.15) is 18.3 Å². The number of hydrogen-bond acceptors (Lipinski definition) is 7. The molecule has 1 saturated carbocycles. The van der Waals surface area contributed by atoms with E-state index in [1.165, 1.54) is 28.2 Å². The molecule has 1 aliphatic heterocycles. The predicted octanol–water partition coefficient (Wildman–Crippen LogP) is 4.89. The lowest BCUT2D eigenvalue weighted by atomic mass is 9.85. The maximum absolute atomic E-state index is 13.5. The first-order valence-corrected chi connectivity index (χ1v) is 13.7. The van der Waals surface area contributed by atoms with Crippen molar-refractivity contribution < 1.29 is 18.3 Å². The third-order valence-corrected chi connectivity index (χ3v) is 8.71. The molecule has 1 aromatic carbocycles. The normalized spacial score (nSPS) is 19.9. The van der Waals surface area contributed by atoms with Gasteiger partial charge in [-0.05, 0) is 51.6 Å². The van der Waals surface area contributed by atoms with Crippen LogP contribution in [0.1, 0.15) is 44.1 Å². The Morgan fingerprint density at radius 1 is 1.16 bits per heavy atom. The first-order valence-electron chi connectivity index (χ1n) is 12.9. The number of aliphatic hydroxyl groups is 1. The van der Waals surface area contributed by atoms with E-state index in [0.717, 1.165) is 50.9 Å². The molecule has 1 aliphatic carbocycles. The Bertz CT molecular complexity index is 1350. The van der Waals surface area contributed by atoms with E-state index in [1.807, 2.05) is 14.1 Å². The van der Waals surface area contributed by atoms with Gasteiger partial charge in [-0.15, -0.1) is 0 Å². The lowest BCUT2D eigenvalue weighted by Gasteiger charge is -2.31. The highest BCUT2D eigenvalue weighted by Gasteiger charge is 2.33. The lowest BCUT2D eigenvalue weighted by molar-refractivity contribution is -0.137. The SMILES string of the molecule is CN(C)C1CCN(c2nc(-c3cccc(C(F)(F)F)c3)c(-c3ccc(=O)n(CC4(O)CCCCC4)n3)s2)C1. The summed E-state index contributed by atoms with van der Waals surface area (Å²) < 4.78 is 41.9. The molecule has 7 nitrogen and oxygen atoms in total. The van der Waals surface area contributed by atoms with Gasteiger partial charge in [0, 0.05) is 30.8 Å². The summed E-state index contributed by atoms with van der Waals surface area (Å²) in [6.07, 6.45) is 0.534. The number of anilines is 1. The van der Waals surface area contributed by atoms with Crippen molar-refractivity contribution in [2.45, 2.75) is 62.9 Å². The van der Waals surface area contributed by atoms with E-state index in [1.54, 1.807) is 12.1 Å². The molecule has 0 amide bonds. The molecule has 3 aromatic rings. The van der Waals surface area contributed by atoms with Crippen LogP contribution >= 0.6 is 11.3 Å². The zero-order chi connectivity index (χ0) is 27.1. The predicted molar refractivity (Wildman–Crippen MR) is 142 cm³/mol. The van der Waals surface area contributed by atoms with Crippen LogP contribution in [0, 0.1) is 0 Å². The van der Waals surface area contributed by atoms with E-state index in [-0.39, 0.29) is 12.1 Å². The second kappa shape index (κ2) is 10.4. The number of rotatable bonds is 6. The molecular formula is C27H32F3N5O2S. The number of alkyl halides is 3. The Morgan fingerprint density at radius 2 is 1.92 bits per heavy atom. The number of hydrogen-bond donors (Lipinski definition) is 1. The number of halogens is 3. The van der Waals surface area contributed by atoms with Gasteiger partial charge in [0.2, 0.25) is 0 Å². The van der Waals surface area contributed by atoms with Gasteiger partial charge in [0.1, 0.15) is 5.69 Å². The molecule has 3 heterocycles. The highest BCUT2D eigenvalue weighted by molar-refractivity contribution is 7.19. The summed E-state index contributed by atoms with van der Waals surface area (Å²) in [6.45, 7) is 1.64. The molecule has 2 aliphatic rings. The average Bonchev–Trinajstić information content (AvgIpc) is 3.53. The Kier molecular flexibility index (Phi) is 7.36. The van der Waals surface area contributed by atoms with E-state index in [0.29, 0.717) is 45.8 Å². The second-order valence-electron chi connectivity index (χ2n) is 10.6. The Labute approximate surface area is 223 Å². The summed E-state index contributed by atoms with van der Waals surface area (Å²) in [6, 6.07) is 8.50. The van der Waals surface area contributed by atoms with Crippen LogP contribution in [0.2, 0.25) is 0 Å². The first kappa shape index (κ1) is 26.8. The Hall–Kier alpha value is -2.76. The Balaban J connectivity index is 1.57. The maximum atomic E-state index is 13.5. The van der Waals surface area contributed by atoms with Crippen LogP contribution < -0.4 is 10.5 Å². The van der Waals surface area contributed by atoms with Crippen molar-refractivity contribution in [2.75, 3.05) is 32.1 Å².